The molecule has 4 heteroatoms. The zero-order chi connectivity index (χ0) is 14.9. The number of benzene rings is 2. The highest BCUT2D eigenvalue weighted by Gasteiger charge is 2.18. The van der Waals surface area contributed by atoms with Crippen molar-refractivity contribution < 1.29 is 0 Å². The molecule has 3 nitrogen and oxygen atoms in total. The molecule has 4 rings (SSSR count). The van der Waals surface area contributed by atoms with Gasteiger partial charge in [0.05, 0.1) is 5.69 Å². The average Bonchev–Trinajstić information content (AvgIpc) is 3.03. The second kappa shape index (κ2) is 5.76. The van der Waals surface area contributed by atoms with Gasteiger partial charge in [0, 0.05) is 54.7 Å². The lowest BCUT2D eigenvalue weighted by molar-refractivity contribution is 0.653. The van der Waals surface area contributed by atoms with Gasteiger partial charge < -0.3 is 9.80 Å². The molecule has 2 aliphatic rings. The Hall–Kier alpha value is -1.81. The summed E-state index contributed by atoms with van der Waals surface area (Å²) >= 11 is 3.50. The number of rotatable bonds is 2. The summed E-state index contributed by atoms with van der Waals surface area (Å²) in [4.78, 5) is 9.33. The van der Waals surface area contributed by atoms with Crippen molar-refractivity contribution in [2.45, 2.75) is 6.42 Å². The standard InChI is InChI=1S/C18H18BrN3/c19-15-1-3-16(4-2-15)21-9-11-22(12-10-21)17-5-6-18-14(13-17)7-8-20-18/h1-6,8,13H,7,9-12H2. The molecule has 0 aromatic heterocycles. The average molecular weight is 356 g/mol. The fraction of sp³-hybridized carbons (Fsp3) is 0.278. The van der Waals surface area contributed by atoms with Gasteiger partial charge in [-0.3, -0.25) is 4.99 Å². The van der Waals surface area contributed by atoms with Crippen LogP contribution in [-0.4, -0.2) is 32.4 Å². The van der Waals surface area contributed by atoms with Crippen molar-refractivity contribution in [2.75, 3.05) is 36.0 Å². The minimum absolute atomic E-state index is 0.974. The molecule has 0 radical (unpaired) electrons. The fourth-order valence-corrected chi connectivity index (χ4v) is 3.44. The molecular formula is C18H18BrN3. The predicted molar refractivity (Wildman–Crippen MR) is 96.9 cm³/mol. The van der Waals surface area contributed by atoms with E-state index in [1.54, 1.807) is 0 Å². The molecule has 2 aromatic rings. The number of hydrogen-bond donors (Lipinski definition) is 0. The fourth-order valence-electron chi connectivity index (χ4n) is 3.18. The Morgan fingerprint density at radius 3 is 2.18 bits per heavy atom. The van der Waals surface area contributed by atoms with E-state index in [4.69, 9.17) is 0 Å². The first-order valence-corrected chi connectivity index (χ1v) is 8.50. The van der Waals surface area contributed by atoms with E-state index in [0.29, 0.717) is 0 Å². The molecule has 0 unspecified atom stereocenters. The first-order chi connectivity index (χ1) is 10.8. The van der Waals surface area contributed by atoms with Crippen LogP contribution in [0, 0.1) is 0 Å². The second-order valence-corrected chi connectivity index (χ2v) is 6.70. The van der Waals surface area contributed by atoms with Crippen molar-refractivity contribution in [1.29, 1.82) is 0 Å². The Morgan fingerprint density at radius 1 is 0.818 bits per heavy atom. The molecule has 0 bridgehead atoms. The summed E-state index contributed by atoms with van der Waals surface area (Å²) in [5, 5.41) is 0. The van der Waals surface area contributed by atoms with Crippen molar-refractivity contribution in [3.05, 3.63) is 52.5 Å². The number of fused-ring (bicyclic) bond motifs is 1. The van der Waals surface area contributed by atoms with Gasteiger partial charge in [0.15, 0.2) is 0 Å². The summed E-state index contributed by atoms with van der Waals surface area (Å²) in [6.07, 6.45) is 2.97. The van der Waals surface area contributed by atoms with Gasteiger partial charge >= 0.3 is 0 Å². The number of aliphatic imine (C=N–C) groups is 1. The van der Waals surface area contributed by atoms with Gasteiger partial charge in [-0.2, -0.15) is 0 Å². The number of nitrogens with zero attached hydrogens (tertiary/aromatic N) is 3. The Labute approximate surface area is 139 Å². The Morgan fingerprint density at radius 2 is 1.45 bits per heavy atom. The smallest absolute Gasteiger partial charge is 0.0663 e. The Kier molecular flexibility index (Phi) is 3.62. The Bertz CT molecular complexity index is 701. The minimum Gasteiger partial charge on any atom is -0.368 e. The molecule has 0 saturated carbocycles. The lowest BCUT2D eigenvalue weighted by atomic mass is 10.1. The molecule has 2 aliphatic heterocycles. The van der Waals surface area contributed by atoms with Crippen LogP contribution in [-0.2, 0) is 6.42 Å². The first kappa shape index (κ1) is 13.8. The number of halogens is 1. The van der Waals surface area contributed by atoms with Gasteiger partial charge in [0.1, 0.15) is 0 Å². The number of piperazine rings is 1. The van der Waals surface area contributed by atoms with Crippen LogP contribution in [0.1, 0.15) is 5.56 Å². The van der Waals surface area contributed by atoms with Crippen LogP contribution >= 0.6 is 15.9 Å². The van der Waals surface area contributed by atoms with Crippen molar-refractivity contribution >= 4 is 39.2 Å². The third kappa shape index (κ3) is 2.63. The number of hydrogen-bond acceptors (Lipinski definition) is 3. The van der Waals surface area contributed by atoms with Crippen LogP contribution in [0.25, 0.3) is 0 Å². The lowest BCUT2D eigenvalue weighted by Crippen LogP contribution is -2.46. The molecular weight excluding hydrogens is 338 g/mol. The molecule has 0 spiro atoms. The predicted octanol–water partition coefficient (Wildman–Crippen LogP) is 4.03. The van der Waals surface area contributed by atoms with Crippen molar-refractivity contribution in [3.8, 4) is 0 Å². The van der Waals surface area contributed by atoms with Gasteiger partial charge in [0.2, 0.25) is 0 Å². The van der Waals surface area contributed by atoms with Gasteiger partial charge in [-0.25, -0.2) is 0 Å². The summed E-state index contributed by atoms with van der Waals surface area (Å²) in [7, 11) is 0. The van der Waals surface area contributed by atoms with E-state index < -0.39 is 0 Å². The highest BCUT2D eigenvalue weighted by atomic mass is 79.9. The summed E-state index contributed by atoms with van der Waals surface area (Å²) < 4.78 is 1.13. The van der Waals surface area contributed by atoms with Crippen molar-refractivity contribution in [1.82, 2.24) is 0 Å². The number of anilines is 2. The van der Waals surface area contributed by atoms with Crippen LogP contribution in [0.5, 0.6) is 0 Å². The van der Waals surface area contributed by atoms with Crippen LogP contribution in [0.4, 0.5) is 17.1 Å². The Balaban J connectivity index is 1.44. The molecule has 112 valence electrons. The van der Waals surface area contributed by atoms with Gasteiger partial charge in [-0.05, 0) is 48.0 Å². The van der Waals surface area contributed by atoms with Crippen LogP contribution in [0.3, 0.4) is 0 Å². The van der Waals surface area contributed by atoms with E-state index in [2.05, 4.69) is 73.2 Å². The topological polar surface area (TPSA) is 18.8 Å². The highest BCUT2D eigenvalue weighted by Crippen LogP contribution is 2.29. The molecule has 2 aromatic carbocycles. The zero-order valence-electron chi connectivity index (χ0n) is 12.4. The molecule has 1 fully saturated rings. The summed E-state index contributed by atoms with van der Waals surface area (Å²) in [5.41, 5.74) is 5.13. The van der Waals surface area contributed by atoms with E-state index in [-0.39, 0.29) is 0 Å². The molecule has 1 saturated heterocycles. The molecule has 22 heavy (non-hydrogen) atoms. The largest absolute Gasteiger partial charge is 0.368 e. The maximum Gasteiger partial charge on any atom is 0.0663 e. The minimum atomic E-state index is 0.974. The van der Waals surface area contributed by atoms with Gasteiger partial charge in [-0.15, -0.1) is 0 Å². The van der Waals surface area contributed by atoms with Gasteiger partial charge in [-0.1, -0.05) is 15.9 Å². The third-order valence-corrected chi connectivity index (χ3v) is 4.97. The molecule has 2 heterocycles. The summed E-state index contributed by atoms with van der Waals surface area (Å²) in [6, 6.07) is 15.3. The van der Waals surface area contributed by atoms with Crippen molar-refractivity contribution in [2.24, 2.45) is 4.99 Å². The third-order valence-electron chi connectivity index (χ3n) is 4.44. The van der Waals surface area contributed by atoms with E-state index in [0.717, 1.165) is 42.8 Å². The zero-order valence-corrected chi connectivity index (χ0v) is 14.0. The van der Waals surface area contributed by atoms with E-state index in [1.807, 2.05) is 6.21 Å². The molecule has 0 aliphatic carbocycles. The van der Waals surface area contributed by atoms with E-state index in [1.165, 1.54) is 16.9 Å². The van der Waals surface area contributed by atoms with E-state index in [9.17, 15) is 0 Å². The monoisotopic (exact) mass is 355 g/mol. The quantitative estimate of drug-likeness (QED) is 0.809. The van der Waals surface area contributed by atoms with Crippen LogP contribution < -0.4 is 9.80 Å². The molecule has 0 N–H and O–H groups in total. The molecule has 0 amide bonds. The van der Waals surface area contributed by atoms with Crippen LogP contribution in [0.15, 0.2) is 51.9 Å². The molecule has 0 atom stereocenters. The first-order valence-electron chi connectivity index (χ1n) is 7.70. The summed E-state index contributed by atoms with van der Waals surface area (Å²) in [5.74, 6) is 0. The second-order valence-electron chi connectivity index (χ2n) is 5.78. The highest BCUT2D eigenvalue weighted by molar-refractivity contribution is 9.10. The van der Waals surface area contributed by atoms with Crippen molar-refractivity contribution in [3.63, 3.8) is 0 Å². The normalized spacial score (nSPS) is 17.0. The lowest BCUT2D eigenvalue weighted by Gasteiger charge is -2.37. The summed E-state index contributed by atoms with van der Waals surface area (Å²) in [6.45, 7) is 4.26. The SMILES string of the molecule is Brc1ccc(N2CCN(c3ccc4c(c3)CC=N4)CC2)cc1. The maximum atomic E-state index is 4.39. The van der Waals surface area contributed by atoms with E-state index >= 15 is 0 Å². The van der Waals surface area contributed by atoms with Crippen LogP contribution in [0.2, 0.25) is 0 Å². The maximum absolute atomic E-state index is 4.39. The van der Waals surface area contributed by atoms with Gasteiger partial charge in [0.25, 0.3) is 0 Å².